The zero-order valence-electron chi connectivity index (χ0n) is 19.0. The van der Waals surface area contributed by atoms with Crippen molar-refractivity contribution in [2.24, 2.45) is 0 Å². The third-order valence-corrected chi connectivity index (χ3v) is 6.10. The lowest BCUT2D eigenvalue weighted by Crippen LogP contribution is -2.62. The second kappa shape index (κ2) is 8.16. The number of nitro groups is 1. The van der Waals surface area contributed by atoms with Crippen molar-refractivity contribution in [2.45, 2.75) is 39.8 Å². The van der Waals surface area contributed by atoms with E-state index >= 15 is 0 Å². The molecule has 0 fully saturated rings. The van der Waals surface area contributed by atoms with Crippen molar-refractivity contribution in [2.75, 3.05) is 9.80 Å². The molecule has 1 heterocycles. The van der Waals surface area contributed by atoms with Crippen LogP contribution in [0.15, 0.2) is 66.7 Å². The van der Waals surface area contributed by atoms with Crippen LogP contribution < -0.4 is 9.80 Å². The molecule has 4 rings (SSSR count). The standard InChI is InChI=1S/C26H25N3O4/c1-17-9-10-20(18(2)15-17)16-27-22-7-5-6-8-23(22)28(26(3,4)25(27)31)24(30)19-11-13-21(14-12-19)29(32)33/h5-15H,16H2,1-4H3. The van der Waals surface area contributed by atoms with Gasteiger partial charge in [0.05, 0.1) is 22.8 Å². The molecule has 0 aromatic heterocycles. The fourth-order valence-corrected chi connectivity index (χ4v) is 4.29. The number of anilines is 2. The molecule has 7 nitrogen and oxygen atoms in total. The van der Waals surface area contributed by atoms with Crippen molar-refractivity contribution >= 4 is 28.9 Å². The number of non-ortho nitro benzene ring substituents is 1. The number of rotatable bonds is 4. The average molecular weight is 444 g/mol. The number of nitro benzene ring substituents is 1. The molecule has 1 aliphatic heterocycles. The summed E-state index contributed by atoms with van der Waals surface area (Å²) in [4.78, 5) is 41.0. The summed E-state index contributed by atoms with van der Waals surface area (Å²) in [6, 6.07) is 18.9. The van der Waals surface area contributed by atoms with Crippen LogP contribution in [0, 0.1) is 24.0 Å². The van der Waals surface area contributed by atoms with Gasteiger partial charge in [-0.1, -0.05) is 35.9 Å². The third-order valence-electron chi connectivity index (χ3n) is 6.10. The molecule has 0 saturated heterocycles. The summed E-state index contributed by atoms with van der Waals surface area (Å²) in [6.45, 7) is 7.90. The molecule has 33 heavy (non-hydrogen) atoms. The normalized spacial score (nSPS) is 14.7. The topological polar surface area (TPSA) is 83.8 Å². The van der Waals surface area contributed by atoms with Crippen LogP contribution in [-0.4, -0.2) is 22.3 Å². The van der Waals surface area contributed by atoms with Crippen LogP contribution in [0.2, 0.25) is 0 Å². The minimum absolute atomic E-state index is 0.0967. The van der Waals surface area contributed by atoms with Gasteiger partial charge in [-0.3, -0.25) is 24.6 Å². The molecular weight excluding hydrogens is 418 g/mol. The van der Waals surface area contributed by atoms with Gasteiger partial charge in [0.15, 0.2) is 0 Å². The van der Waals surface area contributed by atoms with Gasteiger partial charge in [-0.25, -0.2) is 0 Å². The summed E-state index contributed by atoms with van der Waals surface area (Å²) in [5.74, 6) is -0.585. The Balaban J connectivity index is 1.77. The largest absolute Gasteiger partial charge is 0.304 e. The van der Waals surface area contributed by atoms with Gasteiger partial charge < -0.3 is 4.90 Å². The molecule has 3 aromatic carbocycles. The minimum atomic E-state index is -1.16. The average Bonchev–Trinajstić information content (AvgIpc) is 2.78. The van der Waals surface area contributed by atoms with E-state index in [1.54, 1.807) is 18.7 Å². The van der Waals surface area contributed by atoms with E-state index in [0.717, 1.165) is 16.7 Å². The smallest absolute Gasteiger partial charge is 0.269 e. The van der Waals surface area contributed by atoms with Crippen molar-refractivity contribution < 1.29 is 14.5 Å². The van der Waals surface area contributed by atoms with E-state index in [4.69, 9.17) is 0 Å². The first kappa shape index (κ1) is 22.2. The van der Waals surface area contributed by atoms with Gasteiger partial charge in [-0.05, 0) is 63.1 Å². The number of carbonyl (C=O) groups is 2. The molecule has 3 aromatic rings. The zero-order valence-corrected chi connectivity index (χ0v) is 19.0. The first-order chi connectivity index (χ1) is 15.6. The van der Waals surface area contributed by atoms with E-state index in [9.17, 15) is 19.7 Å². The fraction of sp³-hybridized carbons (Fsp3) is 0.231. The number of carbonyl (C=O) groups excluding carboxylic acids is 2. The highest BCUT2D eigenvalue weighted by Crippen LogP contribution is 2.42. The first-order valence-corrected chi connectivity index (χ1v) is 10.7. The Bertz CT molecular complexity index is 1260. The molecule has 0 bridgehead atoms. The quantitative estimate of drug-likeness (QED) is 0.411. The first-order valence-electron chi connectivity index (χ1n) is 10.7. The predicted molar refractivity (Wildman–Crippen MR) is 128 cm³/mol. The lowest BCUT2D eigenvalue weighted by Gasteiger charge is -2.46. The van der Waals surface area contributed by atoms with Crippen molar-refractivity contribution in [3.63, 3.8) is 0 Å². The predicted octanol–water partition coefficient (Wildman–Crippen LogP) is 5.18. The number of aryl methyl sites for hydroxylation is 2. The fourth-order valence-electron chi connectivity index (χ4n) is 4.29. The Morgan fingerprint density at radius 2 is 1.61 bits per heavy atom. The molecule has 168 valence electrons. The van der Waals surface area contributed by atoms with Crippen LogP contribution >= 0.6 is 0 Å². The van der Waals surface area contributed by atoms with Crippen molar-refractivity contribution in [3.05, 3.63) is 99.1 Å². The maximum absolute atomic E-state index is 13.7. The Labute approximate surface area is 192 Å². The summed E-state index contributed by atoms with van der Waals surface area (Å²) in [7, 11) is 0. The molecule has 0 N–H and O–H groups in total. The van der Waals surface area contributed by atoms with Crippen molar-refractivity contribution in [1.82, 2.24) is 0 Å². The monoisotopic (exact) mass is 443 g/mol. The number of benzene rings is 3. The second-order valence-electron chi connectivity index (χ2n) is 8.81. The molecular formula is C26H25N3O4. The molecule has 0 atom stereocenters. The highest BCUT2D eigenvalue weighted by Gasteiger charge is 2.47. The Hall–Kier alpha value is -4.00. The van der Waals surface area contributed by atoms with Crippen LogP contribution in [0.4, 0.5) is 17.1 Å². The van der Waals surface area contributed by atoms with Crippen LogP contribution in [0.3, 0.4) is 0 Å². The Morgan fingerprint density at radius 3 is 2.21 bits per heavy atom. The second-order valence-corrected chi connectivity index (χ2v) is 8.81. The molecule has 0 unspecified atom stereocenters. The van der Waals surface area contributed by atoms with Gasteiger partial charge in [0.25, 0.3) is 17.5 Å². The maximum Gasteiger partial charge on any atom is 0.269 e. The molecule has 0 radical (unpaired) electrons. The number of hydrogen-bond acceptors (Lipinski definition) is 4. The van der Waals surface area contributed by atoms with E-state index in [1.165, 1.54) is 29.2 Å². The zero-order chi connectivity index (χ0) is 23.9. The SMILES string of the molecule is Cc1ccc(CN2C(=O)C(C)(C)N(C(=O)c3ccc([N+](=O)[O-])cc3)c3ccccc32)c(C)c1. The van der Waals surface area contributed by atoms with Gasteiger partial charge in [0, 0.05) is 17.7 Å². The number of nitrogens with zero attached hydrogens (tertiary/aromatic N) is 3. The third kappa shape index (κ3) is 3.86. The van der Waals surface area contributed by atoms with Crippen LogP contribution in [-0.2, 0) is 11.3 Å². The molecule has 0 saturated carbocycles. The molecule has 7 heteroatoms. The van der Waals surface area contributed by atoms with Crippen LogP contribution in [0.25, 0.3) is 0 Å². The van der Waals surface area contributed by atoms with Crippen molar-refractivity contribution in [3.8, 4) is 0 Å². The van der Waals surface area contributed by atoms with Crippen LogP contribution in [0.1, 0.15) is 40.9 Å². The van der Waals surface area contributed by atoms with E-state index in [1.807, 2.05) is 50.2 Å². The van der Waals surface area contributed by atoms with Gasteiger partial charge in [-0.2, -0.15) is 0 Å². The van der Waals surface area contributed by atoms with Gasteiger partial charge in [-0.15, -0.1) is 0 Å². The highest BCUT2D eigenvalue weighted by molar-refractivity contribution is 6.19. The molecule has 0 spiro atoms. The minimum Gasteiger partial charge on any atom is -0.304 e. The lowest BCUT2D eigenvalue weighted by molar-refractivity contribution is -0.384. The highest BCUT2D eigenvalue weighted by atomic mass is 16.6. The summed E-state index contributed by atoms with van der Waals surface area (Å²) in [6.07, 6.45) is 0. The number of para-hydroxylation sites is 2. The molecule has 1 aliphatic rings. The number of hydrogen-bond donors (Lipinski definition) is 0. The lowest BCUT2D eigenvalue weighted by atomic mass is 9.92. The summed E-state index contributed by atoms with van der Waals surface area (Å²) >= 11 is 0. The van der Waals surface area contributed by atoms with E-state index in [-0.39, 0.29) is 23.1 Å². The Morgan fingerprint density at radius 1 is 0.970 bits per heavy atom. The number of fused-ring (bicyclic) bond motifs is 1. The summed E-state index contributed by atoms with van der Waals surface area (Å²) in [5, 5.41) is 11.0. The van der Waals surface area contributed by atoms with Gasteiger partial charge >= 0.3 is 0 Å². The summed E-state index contributed by atoms with van der Waals surface area (Å²) < 4.78 is 0. The van der Waals surface area contributed by atoms with Crippen LogP contribution in [0.5, 0.6) is 0 Å². The van der Waals surface area contributed by atoms with E-state index in [0.29, 0.717) is 17.9 Å². The van der Waals surface area contributed by atoms with Crippen molar-refractivity contribution in [1.29, 1.82) is 0 Å². The Kier molecular flexibility index (Phi) is 5.49. The maximum atomic E-state index is 13.7. The van der Waals surface area contributed by atoms with E-state index in [2.05, 4.69) is 6.07 Å². The van der Waals surface area contributed by atoms with Gasteiger partial charge in [0.2, 0.25) is 0 Å². The molecule has 2 amide bonds. The van der Waals surface area contributed by atoms with Gasteiger partial charge in [0.1, 0.15) is 5.54 Å². The summed E-state index contributed by atoms with van der Waals surface area (Å²) in [5.41, 5.74) is 3.58. The van der Waals surface area contributed by atoms with E-state index < -0.39 is 10.5 Å². The number of amides is 2. The molecule has 0 aliphatic carbocycles.